The van der Waals surface area contributed by atoms with E-state index in [0.717, 1.165) is 25.1 Å². The van der Waals surface area contributed by atoms with Crippen LogP contribution in [0.15, 0.2) is 18.2 Å². The Bertz CT molecular complexity index is 388. The van der Waals surface area contributed by atoms with E-state index in [2.05, 4.69) is 5.32 Å². The molecule has 0 amide bonds. The van der Waals surface area contributed by atoms with Crippen LogP contribution >= 0.6 is 0 Å². The molecule has 5 heteroatoms. The van der Waals surface area contributed by atoms with Gasteiger partial charge in [0, 0.05) is 32.4 Å². The van der Waals surface area contributed by atoms with Crippen LogP contribution in [-0.2, 0) is 27.4 Å². The molecular formula is C16H26FNO3. The van der Waals surface area contributed by atoms with Gasteiger partial charge < -0.3 is 19.5 Å². The summed E-state index contributed by atoms with van der Waals surface area (Å²) in [4.78, 5) is 0. The first-order valence-electron chi connectivity index (χ1n) is 7.40. The number of nitrogens with one attached hydrogen (secondary N) is 1. The number of benzene rings is 1. The highest BCUT2D eigenvalue weighted by atomic mass is 19.1. The molecule has 0 heterocycles. The van der Waals surface area contributed by atoms with Crippen molar-refractivity contribution in [2.24, 2.45) is 0 Å². The number of rotatable bonds is 12. The van der Waals surface area contributed by atoms with Gasteiger partial charge in [0.2, 0.25) is 0 Å². The Hall–Kier alpha value is -1.01. The molecule has 120 valence electrons. The van der Waals surface area contributed by atoms with Crippen LogP contribution in [0.25, 0.3) is 0 Å². The fourth-order valence-corrected chi connectivity index (χ4v) is 1.83. The zero-order chi connectivity index (χ0) is 15.3. The van der Waals surface area contributed by atoms with E-state index >= 15 is 0 Å². The van der Waals surface area contributed by atoms with Crippen LogP contribution in [0.5, 0.6) is 0 Å². The van der Waals surface area contributed by atoms with Gasteiger partial charge in [0.15, 0.2) is 0 Å². The van der Waals surface area contributed by atoms with Gasteiger partial charge in [-0.3, -0.25) is 0 Å². The van der Waals surface area contributed by atoms with Crippen molar-refractivity contribution in [2.45, 2.75) is 26.5 Å². The Kier molecular flexibility index (Phi) is 9.99. The molecule has 1 rings (SSSR count). The van der Waals surface area contributed by atoms with Crippen molar-refractivity contribution >= 4 is 0 Å². The second kappa shape index (κ2) is 11.6. The van der Waals surface area contributed by atoms with Gasteiger partial charge in [-0.2, -0.15) is 0 Å². The summed E-state index contributed by atoms with van der Waals surface area (Å²) in [7, 11) is 1.67. The summed E-state index contributed by atoms with van der Waals surface area (Å²) in [6.07, 6.45) is 0.873. The largest absolute Gasteiger partial charge is 0.385 e. The summed E-state index contributed by atoms with van der Waals surface area (Å²) in [6, 6.07) is 5.13. The predicted molar refractivity (Wildman–Crippen MR) is 80.7 cm³/mol. The molecule has 1 aromatic rings. The number of ether oxygens (including phenoxy) is 3. The van der Waals surface area contributed by atoms with E-state index in [1.807, 2.05) is 13.0 Å². The van der Waals surface area contributed by atoms with E-state index in [0.29, 0.717) is 32.0 Å². The second-order valence-electron chi connectivity index (χ2n) is 4.72. The summed E-state index contributed by atoms with van der Waals surface area (Å²) in [5.74, 6) is -0.226. The van der Waals surface area contributed by atoms with Crippen molar-refractivity contribution in [3.05, 3.63) is 35.1 Å². The van der Waals surface area contributed by atoms with Gasteiger partial charge in [-0.25, -0.2) is 4.39 Å². The molecule has 0 aromatic heterocycles. The number of methoxy groups -OCH3 is 1. The maximum atomic E-state index is 13.7. The van der Waals surface area contributed by atoms with Crippen LogP contribution in [0.1, 0.15) is 24.5 Å². The lowest BCUT2D eigenvalue weighted by Crippen LogP contribution is -2.12. The average molecular weight is 299 g/mol. The SMILES string of the molecule is CCNCc1ccc(F)c(COCCOCCCOC)c1. The van der Waals surface area contributed by atoms with Gasteiger partial charge in [0.1, 0.15) is 5.82 Å². The maximum Gasteiger partial charge on any atom is 0.128 e. The third kappa shape index (κ3) is 8.12. The van der Waals surface area contributed by atoms with E-state index in [1.165, 1.54) is 6.07 Å². The van der Waals surface area contributed by atoms with E-state index in [4.69, 9.17) is 14.2 Å². The van der Waals surface area contributed by atoms with Crippen LogP contribution in [0.2, 0.25) is 0 Å². The van der Waals surface area contributed by atoms with Crippen molar-refractivity contribution in [2.75, 3.05) is 40.1 Å². The van der Waals surface area contributed by atoms with Crippen molar-refractivity contribution in [1.29, 1.82) is 0 Å². The molecular weight excluding hydrogens is 273 g/mol. The molecule has 21 heavy (non-hydrogen) atoms. The highest BCUT2D eigenvalue weighted by molar-refractivity contribution is 5.24. The lowest BCUT2D eigenvalue weighted by Gasteiger charge is -2.09. The average Bonchev–Trinajstić information content (AvgIpc) is 2.50. The van der Waals surface area contributed by atoms with Gasteiger partial charge >= 0.3 is 0 Å². The topological polar surface area (TPSA) is 39.7 Å². The van der Waals surface area contributed by atoms with Crippen molar-refractivity contribution in [1.82, 2.24) is 5.32 Å². The van der Waals surface area contributed by atoms with Gasteiger partial charge in [0.25, 0.3) is 0 Å². The zero-order valence-corrected chi connectivity index (χ0v) is 13.0. The smallest absolute Gasteiger partial charge is 0.128 e. The normalized spacial score (nSPS) is 11.0. The van der Waals surface area contributed by atoms with Crippen LogP contribution in [0, 0.1) is 5.82 Å². The van der Waals surface area contributed by atoms with Crippen molar-refractivity contribution < 1.29 is 18.6 Å². The van der Waals surface area contributed by atoms with E-state index < -0.39 is 0 Å². The number of hydrogen-bond donors (Lipinski definition) is 1. The van der Waals surface area contributed by atoms with Crippen LogP contribution in [0.3, 0.4) is 0 Å². The summed E-state index contributed by atoms with van der Waals surface area (Å²) < 4.78 is 29.4. The minimum absolute atomic E-state index is 0.226. The van der Waals surface area contributed by atoms with Gasteiger partial charge in [0.05, 0.1) is 19.8 Å². The maximum absolute atomic E-state index is 13.7. The third-order valence-corrected chi connectivity index (χ3v) is 2.96. The van der Waals surface area contributed by atoms with E-state index in [-0.39, 0.29) is 12.4 Å². The molecule has 4 nitrogen and oxygen atoms in total. The lowest BCUT2D eigenvalue weighted by molar-refractivity contribution is 0.0329. The Morgan fingerprint density at radius 1 is 1.10 bits per heavy atom. The van der Waals surface area contributed by atoms with E-state index in [1.54, 1.807) is 13.2 Å². The number of halogens is 1. The molecule has 0 spiro atoms. The van der Waals surface area contributed by atoms with Gasteiger partial charge in [-0.1, -0.05) is 13.0 Å². The fourth-order valence-electron chi connectivity index (χ4n) is 1.83. The highest BCUT2D eigenvalue weighted by Gasteiger charge is 2.04. The summed E-state index contributed by atoms with van der Waals surface area (Å²) in [6.45, 7) is 6.28. The molecule has 0 saturated heterocycles. The van der Waals surface area contributed by atoms with Gasteiger partial charge in [-0.05, 0) is 30.7 Å². The molecule has 0 aliphatic heterocycles. The standard InChI is InChI=1S/C16H26FNO3/c1-3-18-12-14-5-6-16(17)15(11-14)13-21-10-9-20-8-4-7-19-2/h5-6,11,18H,3-4,7-10,12-13H2,1-2H3. The Labute approximate surface area is 126 Å². The monoisotopic (exact) mass is 299 g/mol. The summed E-state index contributed by atoms with van der Waals surface area (Å²) >= 11 is 0. The molecule has 0 aliphatic carbocycles. The lowest BCUT2D eigenvalue weighted by atomic mass is 10.1. The minimum atomic E-state index is -0.226. The molecule has 0 unspecified atom stereocenters. The molecule has 1 aromatic carbocycles. The zero-order valence-electron chi connectivity index (χ0n) is 13.0. The second-order valence-corrected chi connectivity index (χ2v) is 4.72. The predicted octanol–water partition coefficient (Wildman–Crippen LogP) is 2.50. The molecule has 0 saturated carbocycles. The number of hydrogen-bond acceptors (Lipinski definition) is 4. The third-order valence-electron chi connectivity index (χ3n) is 2.96. The minimum Gasteiger partial charge on any atom is -0.385 e. The first-order valence-corrected chi connectivity index (χ1v) is 7.40. The molecule has 0 fully saturated rings. The molecule has 0 aliphatic rings. The van der Waals surface area contributed by atoms with Crippen LogP contribution in [0.4, 0.5) is 4.39 Å². The highest BCUT2D eigenvalue weighted by Crippen LogP contribution is 2.12. The quantitative estimate of drug-likeness (QED) is 0.602. The molecule has 0 radical (unpaired) electrons. The molecule has 0 bridgehead atoms. The summed E-state index contributed by atoms with van der Waals surface area (Å²) in [5.41, 5.74) is 1.65. The fraction of sp³-hybridized carbons (Fsp3) is 0.625. The first kappa shape index (κ1) is 18.0. The Morgan fingerprint density at radius 2 is 1.90 bits per heavy atom. The Balaban J connectivity index is 2.21. The van der Waals surface area contributed by atoms with E-state index in [9.17, 15) is 4.39 Å². The van der Waals surface area contributed by atoms with Crippen LogP contribution < -0.4 is 5.32 Å². The van der Waals surface area contributed by atoms with Crippen molar-refractivity contribution in [3.8, 4) is 0 Å². The Morgan fingerprint density at radius 3 is 2.67 bits per heavy atom. The molecule has 1 N–H and O–H groups in total. The first-order chi connectivity index (χ1) is 10.3. The van der Waals surface area contributed by atoms with Gasteiger partial charge in [-0.15, -0.1) is 0 Å². The van der Waals surface area contributed by atoms with Crippen LogP contribution in [-0.4, -0.2) is 40.1 Å². The van der Waals surface area contributed by atoms with Crippen molar-refractivity contribution in [3.63, 3.8) is 0 Å². The molecule has 0 atom stereocenters. The summed E-state index contributed by atoms with van der Waals surface area (Å²) in [5, 5.41) is 3.22.